The summed E-state index contributed by atoms with van der Waals surface area (Å²) in [5, 5.41) is 12.9. The van der Waals surface area contributed by atoms with Crippen LogP contribution in [0.2, 0.25) is 0 Å². The Morgan fingerprint density at radius 3 is 2.64 bits per heavy atom. The molecular weight excluding hydrogens is 370 g/mol. The Morgan fingerprint density at radius 1 is 1.00 bits per heavy atom. The van der Waals surface area contributed by atoms with E-state index in [2.05, 4.69) is 49.2 Å². The van der Waals surface area contributed by atoms with Crippen LogP contribution in [0, 0.1) is 0 Å². The molecule has 1 amide bonds. The van der Waals surface area contributed by atoms with E-state index in [0.717, 1.165) is 63.0 Å². The van der Waals surface area contributed by atoms with Gasteiger partial charge in [-0.05, 0) is 44.3 Å². The van der Waals surface area contributed by atoms with Crippen LogP contribution in [0.25, 0.3) is 0 Å². The number of piperidine rings is 1. The number of carbonyl (C=O) groups excluding carboxylic acids is 1. The van der Waals surface area contributed by atoms with Crippen molar-refractivity contribution < 1.29 is 4.79 Å². The summed E-state index contributed by atoms with van der Waals surface area (Å²) < 4.78 is 2.22. The molecule has 150 valence electrons. The molecule has 1 unspecified atom stereocenters. The zero-order chi connectivity index (χ0) is 19.2. The number of benzene rings is 1. The van der Waals surface area contributed by atoms with Crippen LogP contribution >= 0.6 is 11.8 Å². The number of rotatable bonds is 6. The molecule has 1 aromatic carbocycles. The topological polar surface area (TPSA) is 63.1 Å². The first-order valence-electron chi connectivity index (χ1n) is 10.4. The van der Waals surface area contributed by atoms with Crippen molar-refractivity contribution >= 4 is 17.7 Å². The Labute approximate surface area is 171 Å². The molecule has 0 radical (unpaired) electrons. The first-order valence-corrected chi connectivity index (χ1v) is 11.3. The summed E-state index contributed by atoms with van der Waals surface area (Å²) in [7, 11) is 0. The van der Waals surface area contributed by atoms with Crippen LogP contribution in [0.4, 0.5) is 0 Å². The number of nitrogens with one attached hydrogen (secondary N) is 1. The minimum Gasteiger partial charge on any atom is -0.355 e. The molecule has 1 aromatic heterocycles. The lowest BCUT2D eigenvalue weighted by Crippen LogP contribution is -2.31. The number of carbonyl (C=O) groups is 1. The molecule has 1 atom stereocenters. The molecule has 28 heavy (non-hydrogen) atoms. The fraction of sp³-hybridized carbons (Fsp3) is 0.571. The molecular formula is C21H29N5OS. The van der Waals surface area contributed by atoms with Crippen molar-refractivity contribution in [3.8, 4) is 0 Å². The minimum atomic E-state index is -0.0796. The number of likely N-dealkylation sites (tertiary alicyclic amines) is 1. The molecule has 3 heterocycles. The lowest BCUT2D eigenvalue weighted by molar-refractivity contribution is -0.120. The number of hydrogen-bond donors (Lipinski definition) is 1. The lowest BCUT2D eigenvalue weighted by Gasteiger charge is -2.26. The molecule has 2 saturated heterocycles. The van der Waals surface area contributed by atoms with Gasteiger partial charge >= 0.3 is 0 Å². The number of hydrogen-bond acceptors (Lipinski definition) is 5. The van der Waals surface area contributed by atoms with Crippen molar-refractivity contribution in [1.29, 1.82) is 0 Å². The van der Waals surface area contributed by atoms with Crippen LogP contribution in [-0.4, -0.2) is 50.5 Å². The third-order valence-corrected chi connectivity index (χ3v) is 6.77. The molecule has 1 N–H and O–H groups in total. The molecule has 4 rings (SSSR count). The van der Waals surface area contributed by atoms with Crippen LogP contribution in [0.1, 0.15) is 49.9 Å². The Morgan fingerprint density at radius 2 is 1.82 bits per heavy atom. The van der Waals surface area contributed by atoms with Gasteiger partial charge in [-0.2, -0.15) is 0 Å². The fourth-order valence-electron chi connectivity index (χ4n) is 3.92. The van der Waals surface area contributed by atoms with Crippen molar-refractivity contribution in [1.82, 2.24) is 25.0 Å². The molecule has 2 aliphatic heterocycles. The SMILES string of the molecule is O=C1NCCCCC1Sc1nnc(CN2CCCCC2)n1Cc1ccccc1. The standard InChI is InChI=1S/C21H29N5OS/c27-20-18(11-5-6-12-22-20)28-21-24-23-19(16-25-13-7-2-8-14-25)26(21)15-17-9-3-1-4-10-17/h1,3-4,9-10,18H,2,5-8,11-16H2,(H,22,27). The molecule has 2 fully saturated rings. The van der Waals surface area contributed by atoms with Gasteiger partial charge in [0.1, 0.15) is 5.82 Å². The van der Waals surface area contributed by atoms with Crippen LogP contribution in [0.15, 0.2) is 35.5 Å². The Balaban J connectivity index is 1.56. The van der Waals surface area contributed by atoms with E-state index in [1.54, 1.807) is 11.8 Å². The summed E-state index contributed by atoms with van der Waals surface area (Å²) in [6.45, 7) is 4.62. The first kappa shape index (κ1) is 19.5. The fourth-order valence-corrected chi connectivity index (χ4v) is 5.03. The maximum Gasteiger partial charge on any atom is 0.233 e. The highest BCUT2D eigenvalue weighted by molar-refractivity contribution is 8.00. The van der Waals surface area contributed by atoms with Crippen LogP contribution in [0.5, 0.6) is 0 Å². The number of aromatic nitrogens is 3. The van der Waals surface area contributed by atoms with Crippen molar-refractivity contribution in [2.24, 2.45) is 0 Å². The Hall–Kier alpha value is -1.86. The second kappa shape index (κ2) is 9.56. The van der Waals surface area contributed by atoms with Crippen molar-refractivity contribution in [3.63, 3.8) is 0 Å². The molecule has 6 nitrogen and oxygen atoms in total. The van der Waals surface area contributed by atoms with E-state index in [4.69, 9.17) is 0 Å². The van der Waals surface area contributed by atoms with Gasteiger partial charge in [-0.15, -0.1) is 10.2 Å². The number of nitrogens with zero attached hydrogens (tertiary/aromatic N) is 4. The van der Waals surface area contributed by atoms with E-state index in [9.17, 15) is 4.79 Å². The molecule has 0 spiro atoms. The van der Waals surface area contributed by atoms with Crippen LogP contribution < -0.4 is 5.32 Å². The second-order valence-electron chi connectivity index (χ2n) is 7.70. The smallest absolute Gasteiger partial charge is 0.233 e. The maximum absolute atomic E-state index is 12.4. The molecule has 7 heteroatoms. The summed E-state index contributed by atoms with van der Waals surface area (Å²) in [6, 6.07) is 10.4. The van der Waals surface area contributed by atoms with Gasteiger partial charge in [-0.1, -0.05) is 54.9 Å². The van der Waals surface area contributed by atoms with Crippen molar-refractivity contribution in [2.75, 3.05) is 19.6 Å². The highest BCUT2D eigenvalue weighted by atomic mass is 32.2. The van der Waals surface area contributed by atoms with Gasteiger partial charge in [-0.25, -0.2) is 0 Å². The zero-order valence-electron chi connectivity index (χ0n) is 16.3. The molecule has 0 saturated carbocycles. The van der Waals surface area contributed by atoms with Gasteiger partial charge < -0.3 is 9.88 Å². The van der Waals surface area contributed by atoms with Crippen LogP contribution in [-0.2, 0) is 17.9 Å². The van der Waals surface area contributed by atoms with E-state index < -0.39 is 0 Å². The van der Waals surface area contributed by atoms with Gasteiger partial charge in [0.15, 0.2) is 5.16 Å². The highest BCUT2D eigenvalue weighted by Gasteiger charge is 2.26. The normalized spacial score (nSPS) is 21.3. The Kier molecular flexibility index (Phi) is 6.65. The summed E-state index contributed by atoms with van der Waals surface area (Å²) in [5.74, 6) is 1.14. The van der Waals surface area contributed by atoms with Gasteiger partial charge in [0.25, 0.3) is 0 Å². The van der Waals surface area contributed by atoms with Gasteiger partial charge in [-0.3, -0.25) is 9.69 Å². The quantitative estimate of drug-likeness (QED) is 0.809. The number of amides is 1. The molecule has 0 aliphatic carbocycles. The van der Waals surface area contributed by atoms with E-state index in [-0.39, 0.29) is 11.2 Å². The van der Waals surface area contributed by atoms with E-state index in [1.165, 1.54) is 24.8 Å². The van der Waals surface area contributed by atoms with Crippen molar-refractivity contribution in [3.05, 3.63) is 41.7 Å². The maximum atomic E-state index is 12.4. The summed E-state index contributed by atoms with van der Waals surface area (Å²) in [4.78, 5) is 14.9. The summed E-state index contributed by atoms with van der Waals surface area (Å²) in [6.07, 6.45) is 6.87. The average molecular weight is 400 g/mol. The van der Waals surface area contributed by atoms with Gasteiger partial charge in [0, 0.05) is 6.54 Å². The van der Waals surface area contributed by atoms with Crippen LogP contribution in [0.3, 0.4) is 0 Å². The third-order valence-electron chi connectivity index (χ3n) is 5.52. The molecule has 2 aromatic rings. The molecule has 2 aliphatic rings. The average Bonchev–Trinajstić information content (AvgIpc) is 2.96. The first-order chi connectivity index (χ1) is 13.8. The summed E-state index contributed by atoms with van der Waals surface area (Å²) >= 11 is 1.57. The largest absolute Gasteiger partial charge is 0.355 e. The van der Waals surface area contributed by atoms with E-state index in [0.29, 0.717) is 0 Å². The van der Waals surface area contributed by atoms with Gasteiger partial charge in [0.2, 0.25) is 5.91 Å². The second-order valence-corrected chi connectivity index (χ2v) is 8.87. The molecule has 0 bridgehead atoms. The zero-order valence-corrected chi connectivity index (χ0v) is 17.2. The van der Waals surface area contributed by atoms with Gasteiger partial charge in [0.05, 0.1) is 18.3 Å². The van der Waals surface area contributed by atoms with E-state index in [1.807, 2.05) is 6.07 Å². The lowest BCUT2D eigenvalue weighted by atomic mass is 10.1. The van der Waals surface area contributed by atoms with E-state index >= 15 is 0 Å². The Bertz CT molecular complexity index is 772. The van der Waals surface area contributed by atoms with Crippen molar-refractivity contribution in [2.45, 2.75) is 62.0 Å². The third kappa shape index (κ3) is 4.94. The summed E-state index contributed by atoms with van der Waals surface area (Å²) in [5.41, 5.74) is 1.23. The predicted octanol–water partition coefficient (Wildman–Crippen LogP) is 3.07. The number of thioether (sulfide) groups is 1. The minimum absolute atomic E-state index is 0.0796. The monoisotopic (exact) mass is 399 g/mol. The predicted molar refractivity (Wildman–Crippen MR) is 111 cm³/mol. The highest BCUT2D eigenvalue weighted by Crippen LogP contribution is 2.28.